The van der Waals surface area contributed by atoms with E-state index in [1.807, 2.05) is 6.92 Å². The Kier molecular flexibility index (Phi) is 3.83. The molecule has 1 aromatic heterocycles. The van der Waals surface area contributed by atoms with Gasteiger partial charge < -0.3 is 5.43 Å². The van der Waals surface area contributed by atoms with Gasteiger partial charge in [0.25, 0.3) is 0 Å². The van der Waals surface area contributed by atoms with Crippen molar-refractivity contribution in [2.24, 2.45) is 0 Å². The SMILES string of the molecule is Cc1cc(C#N)cc(NN2C(C)CCCC2C)n1. The Bertz CT molecular complexity index is 453. The van der Waals surface area contributed by atoms with Crippen molar-refractivity contribution in [1.82, 2.24) is 9.99 Å². The van der Waals surface area contributed by atoms with Crippen LogP contribution >= 0.6 is 0 Å². The Balaban J connectivity index is 2.17. The summed E-state index contributed by atoms with van der Waals surface area (Å²) in [6, 6.07) is 6.78. The maximum absolute atomic E-state index is 8.98. The fourth-order valence-electron chi connectivity index (χ4n) is 2.56. The highest BCUT2D eigenvalue weighted by atomic mass is 15.5. The van der Waals surface area contributed by atoms with E-state index in [2.05, 4.69) is 35.3 Å². The second-order valence-corrected chi connectivity index (χ2v) is 5.14. The van der Waals surface area contributed by atoms with Crippen LogP contribution in [0, 0.1) is 18.3 Å². The lowest BCUT2D eigenvalue weighted by molar-refractivity contribution is 0.135. The van der Waals surface area contributed by atoms with Crippen LogP contribution in [0.2, 0.25) is 0 Å². The van der Waals surface area contributed by atoms with E-state index in [-0.39, 0.29) is 0 Å². The van der Waals surface area contributed by atoms with Crippen LogP contribution in [0.4, 0.5) is 5.82 Å². The van der Waals surface area contributed by atoms with Crippen LogP contribution in [0.3, 0.4) is 0 Å². The second kappa shape index (κ2) is 5.36. The van der Waals surface area contributed by atoms with Crippen molar-refractivity contribution in [3.05, 3.63) is 23.4 Å². The predicted molar refractivity (Wildman–Crippen MR) is 71.9 cm³/mol. The fraction of sp³-hybridized carbons (Fsp3) is 0.571. The van der Waals surface area contributed by atoms with Crippen molar-refractivity contribution < 1.29 is 0 Å². The molecule has 2 heterocycles. The molecule has 0 saturated carbocycles. The largest absolute Gasteiger partial charge is 0.303 e. The van der Waals surface area contributed by atoms with Gasteiger partial charge in [-0.1, -0.05) is 6.42 Å². The summed E-state index contributed by atoms with van der Waals surface area (Å²) in [7, 11) is 0. The topological polar surface area (TPSA) is 52.0 Å². The standard InChI is InChI=1S/C14H20N4/c1-10-7-13(9-15)8-14(16-10)17-18-11(2)5-4-6-12(18)3/h7-8,11-12H,4-6H2,1-3H3,(H,16,17). The normalized spacial score (nSPS) is 24.6. The van der Waals surface area contributed by atoms with Crippen LogP contribution < -0.4 is 5.43 Å². The average Bonchev–Trinajstić information content (AvgIpc) is 2.33. The van der Waals surface area contributed by atoms with Gasteiger partial charge in [0.2, 0.25) is 0 Å². The highest BCUT2D eigenvalue weighted by Gasteiger charge is 2.24. The third-order valence-electron chi connectivity index (χ3n) is 3.52. The quantitative estimate of drug-likeness (QED) is 0.869. The fourth-order valence-corrected chi connectivity index (χ4v) is 2.56. The maximum Gasteiger partial charge on any atom is 0.141 e. The Labute approximate surface area is 109 Å². The summed E-state index contributed by atoms with van der Waals surface area (Å²) < 4.78 is 0. The second-order valence-electron chi connectivity index (χ2n) is 5.14. The molecule has 1 aliphatic heterocycles. The summed E-state index contributed by atoms with van der Waals surface area (Å²) in [5.74, 6) is 0.771. The van der Waals surface area contributed by atoms with Gasteiger partial charge in [0.1, 0.15) is 5.82 Å². The smallest absolute Gasteiger partial charge is 0.141 e. The van der Waals surface area contributed by atoms with Crippen molar-refractivity contribution in [2.45, 2.75) is 52.1 Å². The Morgan fingerprint density at radius 1 is 1.33 bits per heavy atom. The molecule has 2 rings (SSSR count). The van der Waals surface area contributed by atoms with Crippen LogP contribution in [-0.4, -0.2) is 22.1 Å². The lowest BCUT2D eigenvalue weighted by Gasteiger charge is -2.39. The van der Waals surface area contributed by atoms with E-state index in [4.69, 9.17) is 5.26 Å². The van der Waals surface area contributed by atoms with Gasteiger partial charge in [-0.15, -0.1) is 0 Å². The number of hydrazine groups is 1. The van der Waals surface area contributed by atoms with Crippen LogP contribution in [0.25, 0.3) is 0 Å². The number of nitrogens with one attached hydrogen (secondary N) is 1. The summed E-state index contributed by atoms with van der Waals surface area (Å²) in [6.45, 7) is 6.36. The van der Waals surface area contributed by atoms with E-state index in [1.165, 1.54) is 19.3 Å². The first kappa shape index (κ1) is 12.8. The van der Waals surface area contributed by atoms with E-state index < -0.39 is 0 Å². The summed E-state index contributed by atoms with van der Waals surface area (Å²) >= 11 is 0. The minimum atomic E-state index is 0.501. The number of rotatable bonds is 2. The zero-order valence-electron chi connectivity index (χ0n) is 11.3. The van der Waals surface area contributed by atoms with Gasteiger partial charge >= 0.3 is 0 Å². The molecule has 0 bridgehead atoms. The minimum absolute atomic E-state index is 0.501. The van der Waals surface area contributed by atoms with E-state index in [0.717, 1.165) is 11.5 Å². The first-order valence-electron chi connectivity index (χ1n) is 6.54. The highest BCUT2D eigenvalue weighted by molar-refractivity contribution is 5.43. The monoisotopic (exact) mass is 244 g/mol. The first-order valence-corrected chi connectivity index (χ1v) is 6.54. The Hall–Kier alpha value is -1.60. The van der Waals surface area contributed by atoms with Gasteiger partial charge in [-0.2, -0.15) is 5.26 Å². The molecule has 1 aromatic rings. The van der Waals surface area contributed by atoms with Crippen molar-refractivity contribution in [3.63, 3.8) is 0 Å². The molecule has 2 atom stereocenters. The van der Waals surface area contributed by atoms with Gasteiger partial charge in [0.05, 0.1) is 11.6 Å². The Morgan fingerprint density at radius 3 is 2.61 bits per heavy atom. The number of pyridine rings is 1. The van der Waals surface area contributed by atoms with Gasteiger partial charge in [0.15, 0.2) is 0 Å². The number of hydrogen-bond donors (Lipinski definition) is 1. The number of aryl methyl sites for hydroxylation is 1. The zero-order valence-corrected chi connectivity index (χ0v) is 11.3. The molecule has 1 aliphatic rings. The number of nitriles is 1. The number of aromatic nitrogens is 1. The van der Waals surface area contributed by atoms with E-state index >= 15 is 0 Å². The number of anilines is 1. The molecule has 96 valence electrons. The molecule has 1 fully saturated rings. The van der Waals surface area contributed by atoms with E-state index in [0.29, 0.717) is 17.6 Å². The maximum atomic E-state index is 8.98. The average molecular weight is 244 g/mol. The summed E-state index contributed by atoms with van der Waals surface area (Å²) in [5.41, 5.74) is 4.89. The minimum Gasteiger partial charge on any atom is -0.303 e. The van der Waals surface area contributed by atoms with Crippen LogP contribution in [0.1, 0.15) is 44.4 Å². The lowest BCUT2D eigenvalue weighted by Crippen LogP contribution is -2.47. The molecule has 1 saturated heterocycles. The number of hydrogen-bond acceptors (Lipinski definition) is 4. The third-order valence-corrected chi connectivity index (χ3v) is 3.52. The number of piperidine rings is 1. The van der Waals surface area contributed by atoms with Gasteiger partial charge in [-0.3, -0.25) is 0 Å². The van der Waals surface area contributed by atoms with E-state index in [1.54, 1.807) is 12.1 Å². The summed E-state index contributed by atoms with van der Waals surface area (Å²) in [5, 5.41) is 11.2. The van der Waals surface area contributed by atoms with Crippen molar-refractivity contribution >= 4 is 5.82 Å². The molecule has 4 nitrogen and oxygen atoms in total. The molecule has 1 N–H and O–H groups in total. The molecule has 0 aliphatic carbocycles. The summed E-state index contributed by atoms with van der Waals surface area (Å²) in [4.78, 5) is 4.44. The first-order chi connectivity index (χ1) is 8.60. The van der Waals surface area contributed by atoms with Crippen LogP contribution in [0.5, 0.6) is 0 Å². The molecule has 0 amide bonds. The number of nitrogens with zero attached hydrogens (tertiary/aromatic N) is 3. The van der Waals surface area contributed by atoms with E-state index in [9.17, 15) is 0 Å². The van der Waals surface area contributed by atoms with Gasteiger partial charge in [-0.25, -0.2) is 9.99 Å². The summed E-state index contributed by atoms with van der Waals surface area (Å²) in [6.07, 6.45) is 3.69. The Morgan fingerprint density at radius 2 is 2.00 bits per heavy atom. The third kappa shape index (κ3) is 2.80. The van der Waals surface area contributed by atoms with Gasteiger partial charge in [0, 0.05) is 17.8 Å². The molecular weight excluding hydrogens is 224 g/mol. The molecule has 0 aromatic carbocycles. The molecule has 18 heavy (non-hydrogen) atoms. The lowest BCUT2D eigenvalue weighted by atomic mass is 10.00. The van der Waals surface area contributed by atoms with Crippen molar-refractivity contribution in [1.29, 1.82) is 5.26 Å². The molecular formula is C14H20N4. The van der Waals surface area contributed by atoms with Crippen molar-refractivity contribution in [3.8, 4) is 6.07 Å². The zero-order chi connectivity index (χ0) is 13.1. The molecule has 2 unspecified atom stereocenters. The van der Waals surface area contributed by atoms with Crippen LogP contribution in [0.15, 0.2) is 12.1 Å². The molecule has 4 heteroatoms. The highest BCUT2D eigenvalue weighted by Crippen LogP contribution is 2.23. The molecule has 0 radical (unpaired) electrons. The van der Waals surface area contributed by atoms with Gasteiger partial charge in [-0.05, 0) is 45.7 Å². The molecule has 0 spiro atoms. The predicted octanol–water partition coefficient (Wildman–Crippen LogP) is 2.85. The van der Waals surface area contributed by atoms with Crippen LogP contribution in [-0.2, 0) is 0 Å². The van der Waals surface area contributed by atoms with Crippen molar-refractivity contribution in [2.75, 3.05) is 5.43 Å².